The first-order valence-electron chi connectivity index (χ1n) is 7.56. The normalized spacial score (nSPS) is 13.8. The maximum atomic E-state index is 6.44. The van der Waals surface area contributed by atoms with Crippen LogP contribution in [0.2, 0.25) is 0 Å². The van der Waals surface area contributed by atoms with Gasteiger partial charge in [0.15, 0.2) is 0 Å². The quantitative estimate of drug-likeness (QED) is 0.872. The van der Waals surface area contributed by atoms with Crippen LogP contribution in [-0.4, -0.2) is 7.11 Å². The van der Waals surface area contributed by atoms with Crippen LogP contribution in [0, 0.1) is 6.92 Å². The van der Waals surface area contributed by atoms with E-state index in [0.29, 0.717) is 5.92 Å². The molecule has 0 saturated carbocycles. The number of ether oxygens (including phenoxy) is 1. The maximum absolute atomic E-state index is 6.44. The number of benzene rings is 2. The Hall–Kier alpha value is -1.80. The molecule has 2 aromatic rings. The molecular weight excluding hydrogens is 258 g/mol. The molecule has 0 radical (unpaired) electrons. The van der Waals surface area contributed by atoms with Gasteiger partial charge >= 0.3 is 0 Å². The first-order chi connectivity index (χ1) is 10.1. The highest BCUT2D eigenvalue weighted by Gasteiger charge is 2.14. The van der Waals surface area contributed by atoms with Crippen molar-refractivity contribution in [2.45, 2.75) is 39.2 Å². The molecule has 2 unspecified atom stereocenters. The smallest absolute Gasteiger partial charge is 0.123 e. The van der Waals surface area contributed by atoms with Gasteiger partial charge in [-0.1, -0.05) is 55.8 Å². The summed E-state index contributed by atoms with van der Waals surface area (Å²) < 4.78 is 5.44. The van der Waals surface area contributed by atoms with Crippen LogP contribution >= 0.6 is 0 Å². The molecule has 2 atom stereocenters. The van der Waals surface area contributed by atoms with E-state index >= 15 is 0 Å². The molecule has 0 bridgehead atoms. The van der Waals surface area contributed by atoms with E-state index in [9.17, 15) is 0 Å². The predicted molar refractivity (Wildman–Crippen MR) is 88.9 cm³/mol. The Labute approximate surface area is 127 Å². The highest BCUT2D eigenvalue weighted by Crippen LogP contribution is 2.30. The molecule has 0 aliphatic rings. The van der Waals surface area contributed by atoms with Crippen LogP contribution in [0.5, 0.6) is 5.75 Å². The Balaban J connectivity index is 2.31. The number of hydrogen-bond donors (Lipinski definition) is 1. The zero-order chi connectivity index (χ0) is 15.4. The van der Waals surface area contributed by atoms with Gasteiger partial charge in [-0.25, -0.2) is 0 Å². The largest absolute Gasteiger partial charge is 0.496 e. The van der Waals surface area contributed by atoms with E-state index in [-0.39, 0.29) is 6.04 Å². The van der Waals surface area contributed by atoms with Gasteiger partial charge in [-0.2, -0.15) is 0 Å². The summed E-state index contributed by atoms with van der Waals surface area (Å²) in [4.78, 5) is 0. The second-order valence-electron chi connectivity index (χ2n) is 5.70. The monoisotopic (exact) mass is 283 g/mol. The average molecular weight is 283 g/mol. The van der Waals surface area contributed by atoms with Crippen molar-refractivity contribution in [2.24, 2.45) is 5.73 Å². The van der Waals surface area contributed by atoms with Gasteiger partial charge in [0.2, 0.25) is 0 Å². The Morgan fingerprint density at radius 2 is 1.67 bits per heavy atom. The number of methoxy groups -OCH3 is 1. The molecule has 0 aliphatic carbocycles. The summed E-state index contributed by atoms with van der Waals surface area (Å²) in [6.07, 6.45) is 1.15. The number of nitrogens with two attached hydrogens (primary N) is 1. The lowest BCUT2D eigenvalue weighted by atomic mass is 9.93. The minimum absolute atomic E-state index is 0.161. The van der Waals surface area contributed by atoms with Crippen LogP contribution in [0.3, 0.4) is 0 Å². The zero-order valence-electron chi connectivity index (χ0n) is 13.4. The van der Waals surface area contributed by atoms with E-state index in [4.69, 9.17) is 10.5 Å². The summed E-state index contributed by atoms with van der Waals surface area (Å²) in [6, 6.07) is 14.6. The third-order valence-corrected chi connectivity index (χ3v) is 4.20. The van der Waals surface area contributed by atoms with Gasteiger partial charge in [0.05, 0.1) is 13.2 Å². The van der Waals surface area contributed by atoms with Crippen molar-refractivity contribution in [2.75, 3.05) is 7.11 Å². The molecule has 0 saturated heterocycles. The van der Waals surface area contributed by atoms with Gasteiger partial charge in [-0.15, -0.1) is 0 Å². The summed E-state index contributed by atoms with van der Waals surface area (Å²) in [5.74, 6) is 1.43. The lowest BCUT2D eigenvalue weighted by Crippen LogP contribution is -2.13. The van der Waals surface area contributed by atoms with E-state index in [1.165, 1.54) is 11.1 Å². The van der Waals surface area contributed by atoms with E-state index in [0.717, 1.165) is 23.3 Å². The predicted octanol–water partition coefficient (Wildman–Crippen LogP) is 4.57. The second-order valence-corrected chi connectivity index (χ2v) is 5.70. The van der Waals surface area contributed by atoms with Gasteiger partial charge < -0.3 is 10.5 Å². The summed E-state index contributed by atoms with van der Waals surface area (Å²) >= 11 is 0. The Bertz CT molecular complexity index is 589. The van der Waals surface area contributed by atoms with Crippen molar-refractivity contribution in [3.63, 3.8) is 0 Å². The fraction of sp³-hybridized carbons (Fsp3) is 0.368. The summed E-state index contributed by atoms with van der Waals surface area (Å²) in [5.41, 5.74) is 11.2. The molecule has 0 amide bonds. The maximum Gasteiger partial charge on any atom is 0.123 e. The molecular formula is C19H25NO. The van der Waals surface area contributed by atoms with Crippen LogP contribution < -0.4 is 10.5 Å². The molecule has 112 valence electrons. The Morgan fingerprint density at radius 3 is 2.24 bits per heavy atom. The number of rotatable bonds is 5. The molecule has 2 heteroatoms. The first-order valence-corrected chi connectivity index (χ1v) is 7.56. The molecule has 2 aromatic carbocycles. The minimum Gasteiger partial charge on any atom is -0.496 e. The average Bonchev–Trinajstić information content (AvgIpc) is 2.53. The SMILES string of the molecule is CCC(C)c1ccc(C(N)c2cc(C)ccc2OC)cc1. The molecule has 21 heavy (non-hydrogen) atoms. The molecule has 2 nitrogen and oxygen atoms in total. The van der Waals surface area contributed by atoms with E-state index in [1.807, 2.05) is 12.1 Å². The summed E-state index contributed by atoms with van der Waals surface area (Å²) in [6.45, 7) is 6.53. The Kier molecular flexibility index (Phi) is 5.03. The fourth-order valence-electron chi connectivity index (χ4n) is 2.54. The van der Waals surface area contributed by atoms with Crippen molar-refractivity contribution in [3.05, 3.63) is 64.7 Å². The molecule has 0 aromatic heterocycles. The number of hydrogen-bond acceptors (Lipinski definition) is 2. The lowest BCUT2D eigenvalue weighted by molar-refractivity contribution is 0.407. The van der Waals surface area contributed by atoms with Crippen LogP contribution in [0.4, 0.5) is 0 Å². The van der Waals surface area contributed by atoms with Crippen LogP contribution in [0.1, 0.15) is 54.5 Å². The highest BCUT2D eigenvalue weighted by atomic mass is 16.5. The first kappa shape index (κ1) is 15.6. The van der Waals surface area contributed by atoms with Crippen LogP contribution in [0.25, 0.3) is 0 Å². The van der Waals surface area contributed by atoms with Crippen molar-refractivity contribution >= 4 is 0 Å². The number of aryl methyl sites for hydroxylation is 1. The molecule has 0 spiro atoms. The fourth-order valence-corrected chi connectivity index (χ4v) is 2.54. The van der Waals surface area contributed by atoms with Crippen molar-refractivity contribution in [3.8, 4) is 5.75 Å². The lowest BCUT2D eigenvalue weighted by Gasteiger charge is -2.18. The van der Waals surface area contributed by atoms with E-state index in [1.54, 1.807) is 7.11 Å². The molecule has 0 fully saturated rings. The highest BCUT2D eigenvalue weighted by molar-refractivity contribution is 5.44. The Morgan fingerprint density at radius 1 is 1.05 bits per heavy atom. The van der Waals surface area contributed by atoms with Crippen LogP contribution in [-0.2, 0) is 0 Å². The van der Waals surface area contributed by atoms with Gasteiger partial charge in [-0.05, 0) is 36.5 Å². The molecule has 2 rings (SSSR count). The zero-order valence-corrected chi connectivity index (χ0v) is 13.4. The van der Waals surface area contributed by atoms with Gasteiger partial charge in [0.25, 0.3) is 0 Å². The van der Waals surface area contributed by atoms with Crippen molar-refractivity contribution in [1.29, 1.82) is 0 Å². The van der Waals surface area contributed by atoms with E-state index < -0.39 is 0 Å². The summed E-state index contributed by atoms with van der Waals surface area (Å²) in [5, 5.41) is 0. The third kappa shape index (κ3) is 3.45. The molecule has 0 aliphatic heterocycles. The standard InChI is InChI=1S/C19H25NO/c1-5-14(3)15-7-9-16(10-8-15)19(20)17-12-13(2)6-11-18(17)21-4/h6-12,14,19H,5,20H2,1-4H3. The minimum atomic E-state index is -0.161. The van der Waals surface area contributed by atoms with Gasteiger partial charge in [-0.3, -0.25) is 0 Å². The topological polar surface area (TPSA) is 35.2 Å². The van der Waals surface area contributed by atoms with E-state index in [2.05, 4.69) is 51.1 Å². The van der Waals surface area contributed by atoms with Crippen LogP contribution in [0.15, 0.2) is 42.5 Å². The molecule has 2 N–H and O–H groups in total. The summed E-state index contributed by atoms with van der Waals surface area (Å²) in [7, 11) is 1.69. The van der Waals surface area contributed by atoms with Gasteiger partial charge in [0.1, 0.15) is 5.75 Å². The second kappa shape index (κ2) is 6.77. The third-order valence-electron chi connectivity index (χ3n) is 4.20. The van der Waals surface area contributed by atoms with Crippen molar-refractivity contribution in [1.82, 2.24) is 0 Å². The molecule has 0 heterocycles. The van der Waals surface area contributed by atoms with Crippen molar-refractivity contribution < 1.29 is 4.74 Å². The van der Waals surface area contributed by atoms with Gasteiger partial charge in [0, 0.05) is 5.56 Å².